The van der Waals surface area contributed by atoms with E-state index >= 15 is 0 Å². The molecule has 0 saturated heterocycles. The van der Waals surface area contributed by atoms with E-state index in [2.05, 4.69) is 0 Å². The quantitative estimate of drug-likeness (QED) is 0.443. The summed E-state index contributed by atoms with van der Waals surface area (Å²) in [6.45, 7) is 0. The minimum Gasteiger partial charge on any atom is -0.479 e. The Labute approximate surface area is 97.2 Å². The van der Waals surface area contributed by atoms with Crippen LogP contribution >= 0.6 is 0 Å². The van der Waals surface area contributed by atoms with Gasteiger partial charge in [-0.25, -0.2) is 9.59 Å². The predicted octanol–water partition coefficient (Wildman–Crippen LogP) is -2.13. The predicted molar refractivity (Wildman–Crippen MR) is 27.3 cm³/mol. The SMILES string of the molecule is O=C(O)C(O)C(O)C(=O)O.[Cu].[Zr]. The van der Waals surface area contributed by atoms with Gasteiger partial charge < -0.3 is 20.4 Å². The molecule has 0 saturated carbocycles. The van der Waals surface area contributed by atoms with Gasteiger partial charge in [0.15, 0.2) is 12.2 Å². The van der Waals surface area contributed by atoms with Crippen molar-refractivity contribution in [3.63, 3.8) is 0 Å². The molecule has 0 fully saturated rings. The molecule has 0 rings (SSSR count). The van der Waals surface area contributed by atoms with Crippen LogP contribution in [-0.4, -0.2) is 44.6 Å². The van der Waals surface area contributed by atoms with Gasteiger partial charge in [0.1, 0.15) is 0 Å². The van der Waals surface area contributed by atoms with Crippen molar-refractivity contribution in [2.24, 2.45) is 0 Å². The number of aliphatic hydroxyl groups is 2. The summed E-state index contributed by atoms with van der Waals surface area (Å²) >= 11 is 0. The van der Waals surface area contributed by atoms with Crippen LogP contribution in [0.2, 0.25) is 0 Å². The van der Waals surface area contributed by atoms with Crippen LogP contribution < -0.4 is 0 Å². The first-order chi connectivity index (χ1) is 4.46. The molecular weight excluding hydrogens is 299 g/mol. The van der Waals surface area contributed by atoms with Crippen LogP contribution in [0.4, 0.5) is 0 Å². The fourth-order valence-electron chi connectivity index (χ4n) is 0.270. The summed E-state index contributed by atoms with van der Waals surface area (Å²) in [4.78, 5) is 19.5. The second kappa shape index (κ2) is 7.89. The molecule has 12 heavy (non-hydrogen) atoms. The number of carboxylic acid groups (broad SMARTS) is 2. The molecule has 1 radical (unpaired) electrons. The number of hydrogen-bond acceptors (Lipinski definition) is 4. The van der Waals surface area contributed by atoms with E-state index in [1.165, 1.54) is 0 Å². The van der Waals surface area contributed by atoms with Crippen molar-refractivity contribution in [1.29, 1.82) is 0 Å². The Hall–Kier alpha value is 0.263. The molecule has 2 atom stereocenters. The third-order valence-corrected chi connectivity index (χ3v) is 0.805. The number of carbonyl (C=O) groups is 2. The number of aliphatic hydroxyl groups excluding tert-OH is 2. The molecule has 0 aliphatic heterocycles. The Kier molecular flexibility index (Phi) is 11.9. The van der Waals surface area contributed by atoms with Gasteiger partial charge >= 0.3 is 11.9 Å². The number of aliphatic carboxylic acids is 2. The van der Waals surface area contributed by atoms with Crippen LogP contribution in [0.25, 0.3) is 0 Å². The minimum atomic E-state index is -2.27. The fourth-order valence-corrected chi connectivity index (χ4v) is 0.270. The van der Waals surface area contributed by atoms with Crippen LogP contribution in [0.1, 0.15) is 0 Å². The number of rotatable bonds is 3. The molecule has 0 aromatic rings. The second-order valence-electron chi connectivity index (χ2n) is 1.57. The van der Waals surface area contributed by atoms with Gasteiger partial charge in [-0.05, 0) is 0 Å². The van der Waals surface area contributed by atoms with E-state index in [0.29, 0.717) is 0 Å². The Morgan fingerprint density at radius 2 is 1.08 bits per heavy atom. The molecule has 0 aromatic carbocycles. The Balaban J connectivity index is -0.000000405. The first-order valence-corrected chi connectivity index (χ1v) is 2.28. The summed E-state index contributed by atoms with van der Waals surface area (Å²) < 4.78 is 0. The van der Waals surface area contributed by atoms with Gasteiger partial charge in [0.05, 0.1) is 0 Å². The van der Waals surface area contributed by atoms with E-state index in [4.69, 9.17) is 20.4 Å². The molecule has 8 heteroatoms. The van der Waals surface area contributed by atoms with E-state index in [0.717, 1.165) is 0 Å². The van der Waals surface area contributed by atoms with Crippen LogP contribution in [0.3, 0.4) is 0 Å². The van der Waals surface area contributed by atoms with Crippen molar-refractivity contribution < 1.29 is 73.3 Å². The fraction of sp³-hybridized carbons (Fsp3) is 0.500. The van der Waals surface area contributed by atoms with Crippen molar-refractivity contribution in [2.45, 2.75) is 12.2 Å². The van der Waals surface area contributed by atoms with Gasteiger partial charge in [0.2, 0.25) is 0 Å². The molecule has 0 spiro atoms. The summed E-state index contributed by atoms with van der Waals surface area (Å²) in [6, 6.07) is 0. The molecule has 0 aliphatic rings. The van der Waals surface area contributed by atoms with E-state index in [1.54, 1.807) is 0 Å². The first kappa shape index (κ1) is 18.1. The third-order valence-electron chi connectivity index (χ3n) is 0.805. The van der Waals surface area contributed by atoms with Crippen molar-refractivity contribution in [3.8, 4) is 0 Å². The van der Waals surface area contributed by atoms with E-state index in [1.807, 2.05) is 0 Å². The van der Waals surface area contributed by atoms with E-state index in [-0.39, 0.29) is 43.3 Å². The Morgan fingerprint density at radius 3 is 1.17 bits per heavy atom. The van der Waals surface area contributed by atoms with Crippen LogP contribution in [0, 0.1) is 0 Å². The topological polar surface area (TPSA) is 115 Å². The summed E-state index contributed by atoms with van der Waals surface area (Å²) in [7, 11) is 0. The normalized spacial score (nSPS) is 13.2. The molecule has 4 N–H and O–H groups in total. The van der Waals surface area contributed by atoms with Gasteiger partial charge in [-0.3, -0.25) is 0 Å². The number of carboxylic acids is 2. The summed E-state index contributed by atoms with van der Waals surface area (Å²) in [6.07, 6.45) is -4.53. The molecule has 0 aliphatic carbocycles. The van der Waals surface area contributed by atoms with Gasteiger partial charge in [-0.2, -0.15) is 0 Å². The zero-order valence-corrected chi connectivity index (χ0v) is 8.96. The molecule has 0 bridgehead atoms. The van der Waals surface area contributed by atoms with Crippen molar-refractivity contribution >= 4 is 11.9 Å². The zero-order valence-electron chi connectivity index (χ0n) is 5.56. The second-order valence-corrected chi connectivity index (χ2v) is 1.57. The maximum absolute atomic E-state index is 9.77. The summed E-state index contributed by atoms with van der Waals surface area (Å²) in [5, 5.41) is 32.5. The van der Waals surface area contributed by atoms with Crippen LogP contribution in [0.5, 0.6) is 0 Å². The maximum atomic E-state index is 9.77. The first-order valence-electron chi connectivity index (χ1n) is 2.28. The smallest absolute Gasteiger partial charge is 0.335 e. The molecule has 0 heterocycles. The van der Waals surface area contributed by atoms with Crippen molar-refractivity contribution in [2.75, 3.05) is 0 Å². The minimum absolute atomic E-state index is 0. The van der Waals surface area contributed by atoms with E-state index < -0.39 is 24.1 Å². The van der Waals surface area contributed by atoms with E-state index in [9.17, 15) is 9.59 Å². The Bertz CT molecular complexity index is 144. The molecule has 2 unspecified atom stereocenters. The van der Waals surface area contributed by atoms with Crippen molar-refractivity contribution in [1.82, 2.24) is 0 Å². The van der Waals surface area contributed by atoms with Gasteiger partial charge in [0.25, 0.3) is 0 Å². The third kappa shape index (κ3) is 5.86. The van der Waals surface area contributed by atoms with Gasteiger partial charge in [-0.1, -0.05) is 0 Å². The monoisotopic (exact) mass is 303 g/mol. The summed E-state index contributed by atoms with van der Waals surface area (Å²) in [5.41, 5.74) is 0. The van der Waals surface area contributed by atoms with Gasteiger partial charge in [0, 0.05) is 43.3 Å². The maximum Gasteiger partial charge on any atom is 0.335 e. The average molecular weight is 305 g/mol. The molecule has 0 amide bonds. The average Bonchev–Trinajstić information content (AvgIpc) is 1.84. The Morgan fingerprint density at radius 1 is 0.917 bits per heavy atom. The van der Waals surface area contributed by atoms with Crippen LogP contribution in [0.15, 0.2) is 0 Å². The van der Waals surface area contributed by atoms with Gasteiger partial charge in [-0.15, -0.1) is 0 Å². The number of hydrogen-bond donors (Lipinski definition) is 4. The molecular formula is C4H6CuO6Zr. The molecule has 0 aromatic heterocycles. The molecule has 73 valence electrons. The largest absolute Gasteiger partial charge is 0.479 e. The van der Waals surface area contributed by atoms with Crippen LogP contribution in [-0.2, 0) is 52.9 Å². The zero-order chi connectivity index (χ0) is 8.31. The molecule has 6 nitrogen and oxygen atoms in total. The summed E-state index contributed by atoms with van der Waals surface area (Å²) in [5.74, 6) is -3.54. The standard InChI is InChI=1S/C4H6O6.Cu.Zr/c5-1(3(7)8)2(6)4(9)10;;/h1-2,5-6H,(H,7,8)(H,9,10);;. The van der Waals surface area contributed by atoms with Crippen molar-refractivity contribution in [3.05, 3.63) is 0 Å².